The van der Waals surface area contributed by atoms with Gasteiger partial charge in [0.2, 0.25) is 0 Å². The smallest absolute Gasteiger partial charge is 0.270 e. The van der Waals surface area contributed by atoms with Crippen molar-refractivity contribution in [3.05, 3.63) is 18.3 Å². The highest BCUT2D eigenvalue weighted by Gasteiger charge is 2.12. The van der Waals surface area contributed by atoms with Crippen molar-refractivity contribution in [2.75, 3.05) is 7.11 Å². The number of aromatic nitrogens is 1. The van der Waals surface area contributed by atoms with Crippen LogP contribution >= 0.6 is 0 Å². The van der Waals surface area contributed by atoms with Gasteiger partial charge in [0.05, 0.1) is 13.3 Å². The van der Waals surface area contributed by atoms with Crippen LogP contribution in [0, 0.1) is 0 Å². The Morgan fingerprint density at radius 3 is 2.62 bits per heavy atom. The van der Waals surface area contributed by atoms with E-state index in [9.17, 15) is 8.42 Å². The Kier molecular flexibility index (Phi) is 2.81. The number of pyridine rings is 1. The first-order valence-electron chi connectivity index (χ1n) is 3.32. The van der Waals surface area contributed by atoms with Gasteiger partial charge in [-0.1, -0.05) is 0 Å². The summed E-state index contributed by atoms with van der Waals surface area (Å²) in [6, 6.07) is 2.78. The Morgan fingerprint density at radius 2 is 2.23 bits per heavy atom. The molecule has 1 aromatic heterocycles. The van der Waals surface area contributed by atoms with E-state index in [1.165, 1.54) is 25.4 Å². The molecule has 0 saturated carbocycles. The molecule has 0 aromatic carbocycles. The molecule has 0 saturated heterocycles. The summed E-state index contributed by atoms with van der Waals surface area (Å²) >= 11 is 0. The van der Waals surface area contributed by atoms with E-state index in [4.69, 9.17) is 10.6 Å². The number of sulfonamides is 1. The largest absolute Gasteiger partial charge is 0.495 e. The average molecular weight is 203 g/mol. The zero-order valence-corrected chi connectivity index (χ0v) is 7.71. The average Bonchev–Trinajstić information content (AvgIpc) is 2.18. The highest BCUT2D eigenvalue weighted by Crippen LogP contribution is 2.10. The van der Waals surface area contributed by atoms with Crippen LogP contribution in [0.15, 0.2) is 23.4 Å². The number of hydrogen-bond donors (Lipinski definition) is 2. The zero-order valence-electron chi connectivity index (χ0n) is 6.89. The molecule has 0 aliphatic heterocycles. The van der Waals surface area contributed by atoms with Gasteiger partial charge in [0, 0.05) is 0 Å². The third kappa shape index (κ3) is 2.14. The van der Waals surface area contributed by atoms with E-state index in [0.717, 1.165) is 0 Å². The second-order valence-corrected chi connectivity index (χ2v) is 3.82. The van der Waals surface area contributed by atoms with Crippen LogP contribution in [0.3, 0.4) is 0 Å². The lowest BCUT2D eigenvalue weighted by Crippen LogP contribution is -2.30. The number of ether oxygens (including phenoxy) is 1. The molecule has 0 amide bonds. The molecule has 0 bridgehead atoms. The minimum Gasteiger partial charge on any atom is -0.495 e. The van der Waals surface area contributed by atoms with E-state index in [-0.39, 0.29) is 5.03 Å². The van der Waals surface area contributed by atoms with Crippen molar-refractivity contribution >= 4 is 10.0 Å². The van der Waals surface area contributed by atoms with Crippen molar-refractivity contribution in [3.63, 3.8) is 0 Å². The summed E-state index contributed by atoms with van der Waals surface area (Å²) in [6.45, 7) is 0. The number of nitrogens with two attached hydrogens (primary N) is 1. The lowest BCUT2D eigenvalue weighted by atomic mass is 10.5. The van der Waals surface area contributed by atoms with Gasteiger partial charge in [-0.25, -0.2) is 13.4 Å². The number of hydrazine groups is 1. The van der Waals surface area contributed by atoms with Gasteiger partial charge in [0.25, 0.3) is 10.0 Å². The highest BCUT2D eigenvalue weighted by atomic mass is 32.2. The number of rotatable bonds is 3. The van der Waals surface area contributed by atoms with E-state index < -0.39 is 10.0 Å². The molecule has 1 aromatic rings. The van der Waals surface area contributed by atoms with Crippen molar-refractivity contribution < 1.29 is 13.2 Å². The summed E-state index contributed by atoms with van der Waals surface area (Å²) in [5.41, 5.74) is 0. The van der Waals surface area contributed by atoms with Gasteiger partial charge in [0.1, 0.15) is 5.75 Å². The molecule has 72 valence electrons. The van der Waals surface area contributed by atoms with Gasteiger partial charge in [-0.05, 0) is 12.1 Å². The first-order valence-corrected chi connectivity index (χ1v) is 4.81. The normalized spacial score (nSPS) is 11.2. The van der Waals surface area contributed by atoms with Gasteiger partial charge in [0.15, 0.2) is 5.03 Å². The molecule has 0 aliphatic carbocycles. The molecule has 0 aliphatic rings. The summed E-state index contributed by atoms with van der Waals surface area (Å²) in [5, 5.41) is -0.143. The standard InChI is InChI=1S/C6H9N3O3S/c1-12-5-2-3-6(8-4-5)13(10,11)9-7/h2-4,9H,7H2,1H3. The lowest BCUT2D eigenvalue weighted by Gasteiger charge is -2.01. The van der Waals surface area contributed by atoms with Crippen LogP contribution in [-0.2, 0) is 10.0 Å². The molecule has 3 N–H and O–H groups in total. The number of nitrogens with zero attached hydrogens (tertiary/aromatic N) is 1. The first kappa shape index (κ1) is 9.90. The van der Waals surface area contributed by atoms with E-state index >= 15 is 0 Å². The van der Waals surface area contributed by atoms with Crippen LogP contribution < -0.4 is 15.4 Å². The fourth-order valence-electron chi connectivity index (χ4n) is 0.707. The second kappa shape index (κ2) is 3.69. The van der Waals surface area contributed by atoms with Gasteiger partial charge in [-0.3, -0.25) is 5.84 Å². The number of nitrogens with one attached hydrogen (secondary N) is 1. The first-order chi connectivity index (χ1) is 6.10. The van der Waals surface area contributed by atoms with E-state index in [0.29, 0.717) is 5.75 Å². The molecular weight excluding hydrogens is 194 g/mol. The van der Waals surface area contributed by atoms with E-state index in [2.05, 4.69) is 4.98 Å². The van der Waals surface area contributed by atoms with Crippen LogP contribution in [-0.4, -0.2) is 20.5 Å². The van der Waals surface area contributed by atoms with E-state index in [1.54, 1.807) is 4.83 Å². The van der Waals surface area contributed by atoms with Crippen molar-refractivity contribution in [2.45, 2.75) is 5.03 Å². The quantitative estimate of drug-likeness (QED) is 0.497. The van der Waals surface area contributed by atoms with E-state index in [1.807, 2.05) is 0 Å². The Bertz CT molecular complexity index is 373. The third-order valence-corrected chi connectivity index (χ3v) is 2.48. The fraction of sp³-hybridized carbons (Fsp3) is 0.167. The van der Waals surface area contributed by atoms with Crippen molar-refractivity contribution in [1.29, 1.82) is 0 Å². The van der Waals surface area contributed by atoms with Crippen molar-refractivity contribution in [1.82, 2.24) is 9.82 Å². The van der Waals surface area contributed by atoms with Crippen LogP contribution in [0.1, 0.15) is 0 Å². The Hall–Kier alpha value is -1.18. The molecule has 0 unspecified atom stereocenters. The fourth-order valence-corrected chi connectivity index (χ4v) is 1.27. The minimum atomic E-state index is -3.66. The highest BCUT2D eigenvalue weighted by molar-refractivity contribution is 7.89. The molecule has 7 heteroatoms. The summed E-state index contributed by atoms with van der Waals surface area (Å²) in [4.78, 5) is 5.30. The molecule has 1 heterocycles. The molecular formula is C6H9N3O3S. The predicted molar refractivity (Wildman–Crippen MR) is 45.3 cm³/mol. The topological polar surface area (TPSA) is 94.3 Å². The monoisotopic (exact) mass is 203 g/mol. The van der Waals surface area contributed by atoms with Gasteiger partial charge < -0.3 is 4.74 Å². The second-order valence-electron chi connectivity index (χ2n) is 2.16. The van der Waals surface area contributed by atoms with Crippen LogP contribution in [0.5, 0.6) is 5.75 Å². The van der Waals surface area contributed by atoms with Crippen LogP contribution in [0.25, 0.3) is 0 Å². The summed E-state index contributed by atoms with van der Waals surface area (Å²) < 4.78 is 26.9. The maximum atomic E-state index is 11.1. The zero-order chi connectivity index (χ0) is 9.90. The maximum Gasteiger partial charge on any atom is 0.270 e. The number of hydrogen-bond acceptors (Lipinski definition) is 5. The molecule has 0 atom stereocenters. The summed E-state index contributed by atoms with van der Waals surface area (Å²) in [7, 11) is -2.20. The van der Waals surface area contributed by atoms with Crippen molar-refractivity contribution in [3.8, 4) is 5.75 Å². The molecule has 0 fully saturated rings. The Balaban J connectivity index is 3.06. The van der Waals surface area contributed by atoms with Crippen LogP contribution in [0.2, 0.25) is 0 Å². The molecule has 6 nitrogen and oxygen atoms in total. The van der Waals surface area contributed by atoms with Crippen molar-refractivity contribution in [2.24, 2.45) is 5.84 Å². The SMILES string of the molecule is COc1ccc(S(=O)(=O)NN)nc1. The number of methoxy groups -OCH3 is 1. The summed E-state index contributed by atoms with van der Waals surface area (Å²) in [5.74, 6) is 5.28. The molecule has 13 heavy (non-hydrogen) atoms. The van der Waals surface area contributed by atoms with Gasteiger partial charge in [-0.2, -0.15) is 0 Å². The van der Waals surface area contributed by atoms with Crippen LogP contribution in [0.4, 0.5) is 0 Å². The maximum absolute atomic E-state index is 11.1. The summed E-state index contributed by atoms with van der Waals surface area (Å²) in [6.07, 6.45) is 1.30. The third-order valence-electron chi connectivity index (χ3n) is 1.38. The molecule has 0 spiro atoms. The molecule has 0 radical (unpaired) electrons. The molecule has 1 rings (SSSR count). The predicted octanol–water partition coefficient (Wildman–Crippen LogP) is -0.758. The van der Waals surface area contributed by atoms with Gasteiger partial charge >= 0.3 is 0 Å². The minimum absolute atomic E-state index is 0.143. The van der Waals surface area contributed by atoms with Gasteiger partial charge in [-0.15, -0.1) is 4.83 Å². The Labute approximate surface area is 75.8 Å². The lowest BCUT2D eigenvalue weighted by molar-refractivity contribution is 0.412. The Morgan fingerprint density at radius 1 is 1.54 bits per heavy atom.